The number of hydrogen-bond acceptors (Lipinski definition) is 6. The normalized spacial score (nSPS) is 12.2. The van der Waals surface area contributed by atoms with Crippen molar-refractivity contribution < 1.29 is 9.47 Å². The van der Waals surface area contributed by atoms with Crippen LogP contribution in [-0.2, 0) is 0 Å². The maximum Gasteiger partial charge on any atom is 0.151 e. The van der Waals surface area contributed by atoms with Crippen molar-refractivity contribution in [2.24, 2.45) is 5.73 Å². The molecule has 5 nitrogen and oxygen atoms in total. The molecule has 0 fully saturated rings. The van der Waals surface area contributed by atoms with Crippen molar-refractivity contribution in [3.8, 4) is 22.1 Å². The number of nitrogens with two attached hydrogens (primary N) is 1. The standard InChI is InChI=1S/C13H17N3O2S/c1-4-10(14)13-16-15-12(19-13)9-7-8(17-2)5-6-11(9)18-3/h5-7,10H,4,14H2,1-3H3. The average Bonchev–Trinajstić information content (AvgIpc) is 2.95. The van der Waals surface area contributed by atoms with Crippen LogP contribution in [0, 0.1) is 0 Å². The van der Waals surface area contributed by atoms with Crippen molar-refractivity contribution in [2.75, 3.05) is 14.2 Å². The van der Waals surface area contributed by atoms with E-state index in [1.54, 1.807) is 14.2 Å². The van der Waals surface area contributed by atoms with Crippen LogP contribution in [0.15, 0.2) is 18.2 Å². The molecule has 2 N–H and O–H groups in total. The topological polar surface area (TPSA) is 70.3 Å². The molecule has 2 aromatic rings. The fraction of sp³-hybridized carbons (Fsp3) is 0.385. The number of benzene rings is 1. The Morgan fingerprint density at radius 3 is 2.68 bits per heavy atom. The lowest BCUT2D eigenvalue weighted by Gasteiger charge is -2.07. The number of ether oxygens (including phenoxy) is 2. The van der Waals surface area contributed by atoms with Crippen molar-refractivity contribution in [1.82, 2.24) is 10.2 Å². The van der Waals surface area contributed by atoms with Crippen molar-refractivity contribution in [3.63, 3.8) is 0 Å². The second-order valence-corrected chi connectivity index (χ2v) is 5.04. The van der Waals surface area contributed by atoms with Gasteiger partial charge >= 0.3 is 0 Å². The van der Waals surface area contributed by atoms with E-state index in [1.807, 2.05) is 25.1 Å². The van der Waals surface area contributed by atoms with E-state index in [1.165, 1.54) is 11.3 Å². The first-order valence-corrected chi connectivity index (χ1v) is 6.82. The van der Waals surface area contributed by atoms with Crippen LogP contribution in [0.5, 0.6) is 11.5 Å². The first-order valence-electron chi connectivity index (χ1n) is 6.01. The molecular weight excluding hydrogens is 262 g/mol. The van der Waals surface area contributed by atoms with E-state index in [0.717, 1.165) is 33.5 Å². The smallest absolute Gasteiger partial charge is 0.151 e. The minimum atomic E-state index is -0.0668. The second-order valence-electron chi connectivity index (χ2n) is 4.03. The quantitative estimate of drug-likeness (QED) is 0.911. The molecule has 0 bridgehead atoms. The molecule has 1 atom stereocenters. The van der Waals surface area contributed by atoms with E-state index in [2.05, 4.69) is 10.2 Å². The summed E-state index contributed by atoms with van der Waals surface area (Å²) in [5.74, 6) is 1.50. The van der Waals surface area contributed by atoms with E-state index >= 15 is 0 Å². The van der Waals surface area contributed by atoms with Crippen LogP contribution >= 0.6 is 11.3 Å². The largest absolute Gasteiger partial charge is 0.497 e. The summed E-state index contributed by atoms with van der Waals surface area (Å²) in [5, 5.41) is 9.96. The lowest BCUT2D eigenvalue weighted by Crippen LogP contribution is -2.07. The molecule has 6 heteroatoms. The molecular formula is C13H17N3O2S. The molecule has 0 aliphatic carbocycles. The van der Waals surface area contributed by atoms with E-state index in [0.29, 0.717) is 0 Å². The SMILES string of the molecule is CCC(N)c1nnc(-c2cc(OC)ccc2OC)s1. The van der Waals surface area contributed by atoms with Crippen LogP contribution in [0.25, 0.3) is 10.6 Å². The molecule has 0 spiro atoms. The molecule has 1 heterocycles. The van der Waals surface area contributed by atoms with Crippen LogP contribution in [0.3, 0.4) is 0 Å². The summed E-state index contributed by atoms with van der Waals surface area (Å²) in [5.41, 5.74) is 6.83. The van der Waals surface area contributed by atoms with Gasteiger partial charge in [-0.05, 0) is 24.6 Å². The number of aromatic nitrogens is 2. The lowest BCUT2D eigenvalue weighted by atomic mass is 10.2. The van der Waals surface area contributed by atoms with Crippen LogP contribution in [0.1, 0.15) is 24.4 Å². The Balaban J connectivity index is 2.42. The highest BCUT2D eigenvalue weighted by atomic mass is 32.1. The van der Waals surface area contributed by atoms with Crippen LogP contribution in [0.4, 0.5) is 0 Å². The number of hydrogen-bond donors (Lipinski definition) is 1. The zero-order chi connectivity index (χ0) is 13.8. The van der Waals surface area contributed by atoms with Crippen molar-refractivity contribution in [3.05, 3.63) is 23.2 Å². The molecule has 19 heavy (non-hydrogen) atoms. The lowest BCUT2D eigenvalue weighted by molar-refractivity contribution is 0.404. The molecule has 0 amide bonds. The molecule has 1 aromatic carbocycles. The maximum absolute atomic E-state index is 5.96. The highest BCUT2D eigenvalue weighted by Gasteiger charge is 2.15. The fourth-order valence-corrected chi connectivity index (χ4v) is 2.60. The summed E-state index contributed by atoms with van der Waals surface area (Å²) in [6, 6.07) is 5.53. The van der Waals surface area contributed by atoms with Gasteiger partial charge in [0.15, 0.2) is 5.01 Å². The zero-order valence-corrected chi connectivity index (χ0v) is 12.0. The molecule has 102 valence electrons. The van der Waals surface area contributed by atoms with E-state index < -0.39 is 0 Å². The Morgan fingerprint density at radius 1 is 1.26 bits per heavy atom. The molecule has 0 aliphatic heterocycles. The zero-order valence-electron chi connectivity index (χ0n) is 11.2. The minimum Gasteiger partial charge on any atom is -0.497 e. The van der Waals surface area contributed by atoms with Gasteiger partial charge in [-0.2, -0.15) is 0 Å². The molecule has 1 aromatic heterocycles. The summed E-state index contributed by atoms with van der Waals surface area (Å²) < 4.78 is 10.6. The fourth-order valence-electron chi connectivity index (χ4n) is 1.65. The molecule has 1 unspecified atom stereocenters. The van der Waals surface area contributed by atoms with Gasteiger partial charge in [0.25, 0.3) is 0 Å². The highest BCUT2D eigenvalue weighted by molar-refractivity contribution is 7.14. The van der Waals surface area contributed by atoms with E-state index in [9.17, 15) is 0 Å². The van der Waals surface area contributed by atoms with Crippen LogP contribution in [0.2, 0.25) is 0 Å². The van der Waals surface area contributed by atoms with Gasteiger partial charge in [0.2, 0.25) is 0 Å². The number of methoxy groups -OCH3 is 2. The summed E-state index contributed by atoms with van der Waals surface area (Å²) in [6.07, 6.45) is 0.837. The third kappa shape index (κ3) is 2.85. The van der Waals surface area contributed by atoms with Gasteiger partial charge in [-0.25, -0.2) is 0 Å². The minimum absolute atomic E-state index is 0.0668. The maximum atomic E-state index is 5.96. The average molecular weight is 279 g/mol. The Kier molecular flexibility index (Phi) is 4.34. The van der Waals surface area contributed by atoms with Gasteiger partial charge in [0.05, 0.1) is 25.8 Å². The Bertz CT molecular complexity index is 557. The third-order valence-electron chi connectivity index (χ3n) is 2.83. The van der Waals surface area contributed by atoms with Gasteiger partial charge in [0, 0.05) is 0 Å². The first kappa shape index (κ1) is 13.8. The van der Waals surface area contributed by atoms with Gasteiger partial charge in [0.1, 0.15) is 16.5 Å². The second kappa shape index (κ2) is 5.99. The Labute approximate surface area is 116 Å². The van der Waals surface area contributed by atoms with Crippen molar-refractivity contribution in [1.29, 1.82) is 0 Å². The van der Waals surface area contributed by atoms with Crippen LogP contribution in [-0.4, -0.2) is 24.4 Å². The monoisotopic (exact) mass is 279 g/mol. The molecule has 0 saturated heterocycles. The predicted octanol–water partition coefficient (Wildman–Crippen LogP) is 2.63. The number of nitrogens with zero attached hydrogens (tertiary/aromatic N) is 2. The van der Waals surface area contributed by atoms with E-state index in [4.69, 9.17) is 15.2 Å². The summed E-state index contributed by atoms with van der Waals surface area (Å²) >= 11 is 1.48. The third-order valence-corrected chi connectivity index (χ3v) is 3.92. The van der Waals surface area contributed by atoms with Crippen LogP contribution < -0.4 is 15.2 Å². The summed E-state index contributed by atoms with van der Waals surface area (Å²) in [7, 11) is 3.26. The summed E-state index contributed by atoms with van der Waals surface area (Å²) in [6.45, 7) is 2.03. The van der Waals surface area contributed by atoms with Gasteiger partial charge in [-0.3, -0.25) is 0 Å². The van der Waals surface area contributed by atoms with Gasteiger partial charge in [-0.15, -0.1) is 10.2 Å². The van der Waals surface area contributed by atoms with E-state index in [-0.39, 0.29) is 6.04 Å². The molecule has 0 aliphatic rings. The predicted molar refractivity (Wildman–Crippen MR) is 75.7 cm³/mol. The van der Waals surface area contributed by atoms with Gasteiger partial charge < -0.3 is 15.2 Å². The summed E-state index contributed by atoms with van der Waals surface area (Å²) in [4.78, 5) is 0. The Hall–Kier alpha value is -1.66. The number of rotatable bonds is 5. The molecule has 2 rings (SSSR count). The highest BCUT2D eigenvalue weighted by Crippen LogP contribution is 2.36. The van der Waals surface area contributed by atoms with Crippen molar-refractivity contribution in [2.45, 2.75) is 19.4 Å². The first-order chi connectivity index (χ1) is 9.19. The van der Waals surface area contributed by atoms with Gasteiger partial charge in [-0.1, -0.05) is 18.3 Å². The van der Waals surface area contributed by atoms with Crippen molar-refractivity contribution >= 4 is 11.3 Å². The molecule has 0 radical (unpaired) electrons. The molecule has 0 saturated carbocycles. The Morgan fingerprint density at radius 2 is 2.05 bits per heavy atom.